The van der Waals surface area contributed by atoms with E-state index >= 15 is 0 Å². The van der Waals surface area contributed by atoms with Crippen molar-refractivity contribution in [2.24, 2.45) is 21.1 Å². The first kappa shape index (κ1) is 42.1. The Morgan fingerprint density at radius 1 is 0.534 bits per heavy atom. The van der Waals surface area contributed by atoms with Crippen molar-refractivity contribution in [3.8, 4) is 0 Å². The van der Waals surface area contributed by atoms with Crippen molar-refractivity contribution >= 4 is 62.0 Å². The van der Waals surface area contributed by atoms with Crippen LogP contribution in [0.2, 0.25) is 0 Å². The molecule has 0 bridgehead atoms. The third-order valence-electron chi connectivity index (χ3n) is 9.70. The number of pyridine rings is 2. The predicted octanol–water partition coefficient (Wildman–Crippen LogP) is 6.05. The van der Waals surface area contributed by atoms with Crippen molar-refractivity contribution in [1.82, 2.24) is 68.1 Å². The quantitative estimate of drug-likeness (QED) is 0.173. The standard InChI is InChI=1S/C10H13N3.C9H12.C8H10N4.2C7H9N5/c1-4-13-6-12-9-8(3)7(2)5-11-10(9)13;1-7-4-5-8(2)9(3)6-7;1-5-3-10-8(9)6-7(5)12(2)4-11-6;1-4-11-5-6(8)9-3-10-7(5)12(4)2;1-4-10-6(8)5-7(11-4)12(2)3-9-5/h5-6H,4H2,1-3H3;4-6H,1-3H3;3-4H,1-2H3,(H2,9,10);3H,1-2H3,(H2,8,9,10);3H,1-2H3,(H2,8,10,11). The summed E-state index contributed by atoms with van der Waals surface area (Å²) in [6.07, 6.45) is 10.4. The molecule has 0 unspecified atom stereocenters. The largest absolute Gasteiger partial charge is 0.382 e. The molecule has 8 aromatic heterocycles. The molecule has 17 nitrogen and oxygen atoms in total. The van der Waals surface area contributed by atoms with Crippen molar-refractivity contribution < 1.29 is 0 Å². The average Bonchev–Trinajstić information content (AvgIpc) is 3.97. The first-order chi connectivity index (χ1) is 27.5. The highest BCUT2D eigenvalue weighted by molar-refractivity contribution is 5.87. The number of nitrogen functional groups attached to an aromatic ring is 3. The normalized spacial score (nSPS) is 10.7. The van der Waals surface area contributed by atoms with E-state index in [0.29, 0.717) is 34.3 Å². The summed E-state index contributed by atoms with van der Waals surface area (Å²) in [7, 11) is 5.72. The maximum atomic E-state index is 5.65. The van der Waals surface area contributed by atoms with Crippen molar-refractivity contribution in [2.75, 3.05) is 17.2 Å². The van der Waals surface area contributed by atoms with Gasteiger partial charge in [0.15, 0.2) is 39.9 Å². The Balaban J connectivity index is 0.000000139. The molecule has 1 aromatic carbocycles. The molecule has 0 aliphatic rings. The van der Waals surface area contributed by atoms with Gasteiger partial charge in [0.1, 0.15) is 34.5 Å². The fraction of sp³-hybridized carbons (Fsp3) is 0.317. The molecule has 58 heavy (non-hydrogen) atoms. The maximum absolute atomic E-state index is 5.65. The van der Waals surface area contributed by atoms with Crippen LogP contribution in [0.1, 0.15) is 52.0 Å². The monoisotopic (exact) mass is 783 g/mol. The summed E-state index contributed by atoms with van der Waals surface area (Å²) in [5, 5.41) is 0. The highest BCUT2D eigenvalue weighted by atomic mass is 15.1. The number of aryl methyl sites for hydroxylation is 12. The number of imidazole rings is 4. The Kier molecular flexibility index (Phi) is 12.9. The van der Waals surface area contributed by atoms with Crippen LogP contribution in [0.5, 0.6) is 0 Å². The molecule has 0 amide bonds. The van der Waals surface area contributed by atoms with Gasteiger partial charge >= 0.3 is 0 Å². The molecule has 9 rings (SSSR count). The molecule has 9 aromatic rings. The van der Waals surface area contributed by atoms with E-state index in [2.05, 4.69) is 114 Å². The Bertz CT molecular complexity index is 2840. The van der Waals surface area contributed by atoms with Gasteiger partial charge in [0.25, 0.3) is 0 Å². The zero-order valence-corrected chi connectivity index (χ0v) is 35.4. The SMILES string of the molecule is CCn1cnc2c(C)c(C)cnc21.Cc1ccc(C)c(C)c1.Cc1cnc(N)c2ncn(C)c12.Cc1nc(N)c2ncn(C)c2n1.Cc1nc2c(N)ncnc2n1C. The molecule has 0 saturated heterocycles. The maximum Gasteiger partial charge on any atom is 0.165 e. The second kappa shape index (κ2) is 17.8. The van der Waals surface area contributed by atoms with Gasteiger partial charge in [0.05, 0.1) is 24.5 Å². The molecular weight excluding hydrogens is 731 g/mol. The van der Waals surface area contributed by atoms with Crippen LogP contribution in [0.15, 0.2) is 55.9 Å². The highest BCUT2D eigenvalue weighted by Crippen LogP contribution is 2.20. The number of fused-ring (bicyclic) bond motifs is 4. The summed E-state index contributed by atoms with van der Waals surface area (Å²) >= 11 is 0. The van der Waals surface area contributed by atoms with Crippen molar-refractivity contribution in [2.45, 2.75) is 68.9 Å². The van der Waals surface area contributed by atoms with Crippen molar-refractivity contribution in [1.29, 1.82) is 0 Å². The molecule has 17 heteroatoms. The lowest BCUT2D eigenvalue weighted by Crippen LogP contribution is -1.98. The summed E-state index contributed by atoms with van der Waals surface area (Å²) in [5.41, 5.74) is 31.3. The molecule has 6 N–H and O–H groups in total. The van der Waals surface area contributed by atoms with Gasteiger partial charge in [0, 0.05) is 40.1 Å². The van der Waals surface area contributed by atoms with Gasteiger partial charge in [-0.2, -0.15) is 0 Å². The van der Waals surface area contributed by atoms with E-state index in [1.807, 2.05) is 68.1 Å². The number of hydrogen-bond donors (Lipinski definition) is 3. The number of hydrogen-bond acceptors (Lipinski definition) is 13. The summed E-state index contributed by atoms with van der Waals surface area (Å²) in [6.45, 7) is 19.3. The van der Waals surface area contributed by atoms with E-state index < -0.39 is 0 Å². The minimum absolute atomic E-state index is 0.434. The van der Waals surface area contributed by atoms with Crippen LogP contribution in [0.3, 0.4) is 0 Å². The van der Waals surface area contributed by atoms with Gasteiger partial charge in [-0.1, -0.05) is 23.8 Å². The molecule has 0 aliphatic heterocycles. The van der Waals surface area contributed by atoms with Gasteiger partial charge in [-0.3, -0.25) is 0 Å². The van der Waals surface area contributed by atoms with Crippen LogP contribution in [0.25, 0.3) is 44.5 Å². The van der Waals surface area contributed by atoms with Crippen LogP contribution in [0.4, 0.5) is 17.5 Å². The second-order valence-electron chi connectivity index (χ2n) is 14.1. The lowest BCUT2D eigenvalue weighted by molar-refractivity contribution is 0.778. The number of benzene rings is 1. The molecule has 0 atom stereocenters. The Hall–Kier alpha value is -7.04. The van der Waals surface area contributed by atoms with Crippen LogP contribution in [0, 0.1) is 55.4 Å². The van der Waals surface area contributed by atoms with Gasteiger partial charge < -0.3 is 35.5 Å². The van der Waals surface area contributed by atoms with Crippen LogP contribution in [-0.2, 0) is 27.7 Å². The average molecular weight is 784 g/mol. The lowest BCUT2D eigenvalue weighted by Gasteiger charge is -2.01. The first-order valence-corrected chi connectivity index (χ1v) is 18.7. The van der Waals surface area contributed by atoms with Gasteiger partial charge in [0.2, 0.25) is 0 Å². The van der Waals surface area contributed by atoms with Crippen molar-refractivity contribution in [3.63, 3.8) is 0 Å². The molecule has 0 fully saturated rings. The van der Waals surface area contributed by atoms with Gasteiger partial charge in [-0.25, -0.2) is 49.8 Å². The molecule has 302 valence electrons. The Morgan fingerprint density at radius 2 is 1.19 bits per heavy atom. The fourth-order valence-corrected chi connectivity index (χ4v) is 5.98. The number of aromatic nitrogens is 14. The molecule has 0 aliphatic carbocycles. The van der Waals surface area contributed by atoms with Crippen LogP contribution < -0.4 is 17.2 Å². The van der Waals surface area contributed by atoms with E-state index in [1.54, 1.807) is 18.9 Å². The third-order valence-corrected chi connectivity index (χ3v) is 9.70. The Morgan fingerprint density at radius 3 is 1.84 bits per heavy atom. The minimum Gasteiger partial charge on any atom is -0.382 e. The van der Waals surface area contributed by atoms with E-state index in [-0.39, 0.29) is 0 Å². The smallest absolute Gasteiger partial charge is 0.165 e. The van der Waals surface area contributed by atoms with E-state index in [9.17, 15) is 0 Å². The predicted molar refractivity (Wildman–Crippen MR) is 232 cm³/mol. The first-order valence-electron chi connectivity index (χ1n) is 18.7. The number of nitrogens with two attached hydrogens (primary N) is 3. The third kappa shape index (κ3) is 9.15. The van der Waals surface area contributed by atoms with E-state index in [1.165, 1.54) is 34.1 Å². The lowest BCUT2D eigenvalue weighted by atomic mass is 10.1. The Labute approximate surface area is 337 Å². The molecule has 0 spiro atoms. The summed E-state index contributed by atoms with van der Waals surface area (Å²) in [6, 6.07) is 6.50. The fourth-order valence-electron chi connectivity index (χ4n) is 5.98. The van der Waals surface area contributed by atoms with Gasteiger partial charge in [-0.05, 0) is 90.1 Å². The molecule has 0 saturated carbocycles. The summed E-state index contributed by atoms with van der Waals surface area (Å²) in [5.74, 6) is 2.93. The van der Waals surface area contributed by atoms with Crippen LogP contribution >= 0.6 is 0 Å². The zero-order chi connectivity index (χ0) is 42.4. The van der Waals surface area contributed by atoms with Gasteiger partial charge in [-0.15, -0.1) is 0 Å². The number of anilines is 3. The topological polar surface area (TPSA) is 227 Å². The molecule has 8 heterocycles. The molecule has 0 radical (unpaired) electrons. The second-order valence-corrected chi connectivity index (χ2v) is 14.1. The summed E-state index contributed by atoms with van der Waals surface area (Å²) in [4.78, 5) is 41.3. The zero-order valence-electron chi connectivity index (χ0n) is 35.4. The van der Waals surface area contributed by atoms with Crippen molar-refractivity contribution in [3.05, 3.63) is 101 Å². The molecular formula is C41H53N17. The summed E-state index contributed by atoms with van der Waals surface area (Å²) < 4.78 is 7.71. The highest BCUT2D eigenvalue weighted by Gasteiger charge is 2.09. The van der Waals surface area contributed by atoms with E-state index in [0.717, 1.165) is 51.4 Å². The van der Waals surface area contributed by atoms with E-state index in [4.69, 9.17) is 17.2 Å². The van der Waals surface area contributed by atoms with Crippen LogP contribution in [-0.4, -0.2) is 68.1 Å². The minimum atomic E-state index is 0.434. The number of nitrogens with zero attached hydrogens (tertiary/aromatic N) is 14. The number of rotatable bonds is 1.